The van der Waals surface area contributed by atoms with Crippen LogP contribution in [-0.4, -0.2) is 76.2 Å². The summed E-state index contributed by atoms with van der Waals surface area (Å²) < 4.78 is 11.5. The number of allylic oxidation sites excluding steroid dienone is 2. The molecule has 9 nitrogen and oxygen atoms in total. The molecule has 0 aliphatic heterocycles. The third kappa shape index (κ3) is 6.63. The molecule has 47 heavy (non-hydrogen) atoms. The van der Waals surface area contributed by atoms with E-state index in [1.807, 2.05) is 20.8 Å². The zero-order chi connectivity index (χ0) is 35.1. The van der Waals surface area contributed by atoms with Gasteiger partial charge >= 0.3 is 11.9 Å². The van der Waals surface area contributed by atoms with Crippen LogP contribution in [0.1, 0.15) is 107 Å². The molecule has 4 rings (SSSR count). The summed E-state index contributed by atoms with van der Waals surface area (Å²) in [7, 11) is 0. The lowest BCUT2D eigenvalue weighted by Crippen LogP contribution is -2.68. The SMILES string of the molecule is C/C=C(/C)C(=O)OCC12C(CC(C)(C)C(O)[C@@H]1O)C[C@](C)(C1CCC3C(CCC(O)[C@]3(C)COC(=O)/C(C)=C\C)C1CC=N)C[C@H]2O. The second kappa shape index (κ2) is 14.0. The number of rotatable bonds is 9. The summed E-state index contributed by atoms with van der Waals surface area (Å²) in [5.74, 6) is -0.439. The van der Waals surface area contributed by atoms with Gasteiger partial charge in [-0.1, -0.05) is 39.8 Å². The van der Waals surface area contributed by atoms with Gasteiger partial charge in [-0.25, -0.2) is 9.59 Å². The first-order valence-electron chi connectivity index (χ1n) is 17.7. The Bertz CT molecular complexity index is 1240. The summed E-state index contributed by atoms with van der Waals surface area (Å²) >= 11 is 0. The molecule has 4 aliphatic rings. The quantitative estimate of drug-likeness (QED) is 0.125. The Morgan fingerprint density at radius 1 is 0.766 bits per heavy atom. The Morgan fingerprint density at radius 3 is 1.91 bits per heavy atom. The van der Waals surface area contributed by atoms with Crippen molar-refractivity contribution in [1.82, 2.24) is 0 Å². The fraction of sp³-hybridized carbons (Fsp3) is 0.816. The van der Waals surface area contributed by atoms with Crippen LogP contribution in [0, 0.1) is 56.7 Å². The van der Waals surface area contributed by atoms with Gasteiger partial charge in [0.1, 0.15) is 6.61 Å². The molecule has 0 bridgehead atoms. The van der Waals surface area contributed by atoms with E-state index >= 15 is 0 Å². The summed E-state index contributed by atoms with van der Waals surface area (Å²) in [5, 5.41) is 54.6. The standard InChI is InChI=1S/C38H61NO8/c1-9-22(3)33(44)46-20-37(8)28-13-12-27(26(15-16-39)25(28)11-14-29(37)40)36(7)18-24-17-35(5,6)31(42)32(43)38(24,30(41)19-36)21-47-34(45)23(4)10-2/h9-10,16,24-32,39-43H,11-15,17-21H2,1-8H3/b22-9-,23-10-,39-16?/t24?,25?,26?,27?,28?,29?,30-,31?,32+,36+,37-,38?/m1/s1. The van der Waals surface area contributed by atoms with Crippen LogP contribution in [0.15, 0.2) is 23.3 Å². The van der Waals surface area contributed by atoms with Crippen molar-refractivity contribution in [3.05, 3.63) is 23.3 Å². The number of ether oxygens (including phenoxy) is 2. The van der Waals surface area contributed by atoms with Gasteiger partial charge in [0.2, 0.25) is 0 Å². The monoisotopic (exact) mass is 659 g/mol. The van der Waals surface area contributed by atoms with E-state index in [2.05, 4.69) is 6.92 Å². The molecule has 4 saturated carbocycles. The van der Waals surface area contributed by atoms with Gasteiger partial charge in [-0.3, -0.25) is 0 Å². The molecule has 0 radical (unpaired) electrons. The Balaban J connectivity index is 1.65. The lowest BCUT2D eigenvalue weighted by molar-refractivity contribution is -0.261. The van der Waals surface area contributed by atoms with Crippen LogP contribution in [0.25, 0.3) is 0 Å². The average molecular weight is 660 g/mol. The van der Waals surface area contributed by atoms with Crippen molar-refractivity contribution in [1.29, 1.82) is 5.41 Å². The normalized spacial score (nSPS) is 43.7. The van der Waals surface area contributed by atoms with E-state index in [-0.39, 0.29) is 54.2 Å². The van der Waals surface area contributed by atoms with E-state index in [9.17, 15) is 30.0 Å². The average Bonchev–Trinajstić information content (AvgIpc) is 3.03. The van der Waals surface area contributed by atoms with E-state index in [1.54, 1.807) is 39.8 Å². The van der Waals surface area contributed by atoms with Gasteiger partial charge in [0.15, 0.2) is 0 Å². The molecule has 0 heterocycles. The summed E-state index contributed by atoms with van der Waals surface area (Å²) in [4.78, 5) is 25.4. The van der Waals surface area contributed by atoms with Gasteiger partial charge in [-0.2, -0.15) is 0 Å². The smallest absolute Gasteiger partial charge is 0.333 e. The fourth-order valence-electron chi connectivity index (χ4n) is 10.5. The number of hydrogen-bond acceptors (Lipinski definition) is 9. The third-order valence-electron chi connectivity index (χ3n) is 13.7. The van der Waals surface area contributed by atoms with E-state index in [4.69, 9.17) is 14.9 Å². The minimum atomic E-state index is -1.27. The summed E-state index contributed by atoms with van der Waals surface area (Å²) in [5.41, 5.74) is -1.77. The second-order valence-corrected chi connectivity index (χ2v) is 16.7. The van der Waals surface area contributed by atoms with Crippen molar-refractivity contribution in [2.75, 3.05) is 13.2 Å². The minimum Gasteiger partial charge on any atom is -0.462 e. The third-order valence-corrected chi connectivity index (χ3v) is 13.7. The number of esters is 2. The lowest BCUT2D eigenvalue weighted by atomic mass is 9.42. The topological polar surface area (TPSA) is 157 Å². The van der Waals surface area contributed by atoms with Crippen LogP contribution >= 0.6 is 0 Å². The van der Waals surface area contributed by atoms with Gasteiger partial charge in [-0.05, 0) is 126 Å². The Labute approximate surface area is 281 Å². The highest BCUT2D eigenvalue weighted by molar-refractivity contribution is 5.88. The molecule has 8 unspecified atom stereocenters. The number of carbonyl (C=O) groups excluding carboxylic acids is 2. The molecule has 9 heteroatoms. The van der Waals surface area contributed by atoms with Crippen molar-refractivity contribution in [2.24, 2.45) is 51.2 Å². The highest BCUT2D eigenvalue weighted by atomic mass is 16.5. The van der Waals surface area contributed by atoms with E-state index in [0.717, 1.165) is 19.3 Å². The number of hydrogen-bond donors (Lipinski definition) is 5. The van der Waals surface area contributed by atoms with Gasteiger partial charge in [0.25, 0.3) is 0 Å². The van der Waals surface area contributed by atoms with Crippen LogP contribution < -0.4 is 0 Å². The van der Waals surface area contributed by atoms with Crippen LogP contribution in [0.2, 0.25) is 0 Å². The number of aliphatic hydroxyl groups is 4. The zero-order valence-corrected chi connectivity index (χ0v) is 29.9. The lowest BCUT2D eigenvalue weighted by Gasteiger charge is -2.64. The minimum absolute atomic E-state index is 0.113. The summed E-state index contributed by atoms with van der Waals surface area (Å²) in [6.45, 7) is 15.1. The van der Waals surface area contributed by atoms with E-state index < -0.39 is 46.6 Å². The van der Waals surface area contributed by atoms with E-state index in [1.165, 1.54) is 6.21 Å². The second-order valence-electron chi connectivity index (χ2n) is 16.7. The summed E-state index contributed by atoms with van der Waals surface area (Å²) in [6.07, 6.45) is 6.25. The van der Waals surface area contributed by atoms with Crippen molar-refractivity contribution < 1.29 is 39.5 Å². The molecule has 0 aromatic carbocycles. The highest BCUT2D eigenvalue weighted by Gasteiger charge is 2.66. The molecule has 0 aromatic heterocycles. The maximum atomic E-state index is 12.8. The highest BCUT2D eigenvalue weighted by Crippen LogP contribution is 2.65. The Morgan fingerprint density at radius 2 is 1.34 bits per heavy atom. The number of aliphatic hydroxyl groups excluding tert-OH is 4. The molecule has 4 aliphatic carbocycles. The van der Waals surface area contributed by atoms with Crippen molar-refractivity contribution in [3.63, 3.8) is 0 Å². The van der Waals surface area contributed by atoms with Crippen LogP contribution in [0.4, 0.5) is 0 Å². The molecule has 4 fully saturated rings. The Hall–Kier alpha value is -2.07. The molecule has 0 aromatic rings. The number of nitrogens with one attached hydrogen (secondary N) is 1. The first-order chi connectivity index (χ1) is 21.9. The molecule has 266 valence electrons. The maximum absolute atomic E-state index is 12.8. The predicted octanol–water partition coefficient (Wildman–Crippen LogP) is 5.38. The molecule has 12 atom stereocenters. The molecule has 0 amide bonds. The molecular formula is C38H61NO8. The van der Waals surface area contributed by atoms with Crippen LogP contribution in [0.3, 0.4) is 0 Å². The van der Waals surface area contributed by atoms with Gasteiger partial charge < -0.3 is 35.3 Å². The first-order valence-corrected chi connectivity index (χ1v) is 17.7. The van der Waals surface area contributed by atoms with Gasteiger partial charge in [-0.15, -0.1) is 0 Å². The van der Waals surface area contributed by atoms with Crippen LogP contribution in [0.5, 0.6) is 0 Å². The number of fused-ring (bicyclic) bond motifs is 2. The van der Waals surface area contributed by atoms with Crippen LogP contribution in [-0.2, 0) is 19.1 Å². The maximum Gasteiger partial charge on any atom is 0.333 e. The fourth-order valence-corrected chi connectivity index (χ4v) is 10.5. The van der Waals surface area contributed by atoms with Crippen molar-refractivity contribution in [2.45, 2.75) is 131 Å². The first kappa shape index (κ1) is 37.7. The molecule has 5 N–H and O–H groups in total. The Kier molecular flexibility index (Phi) is 11.3. The van der Waals surface area contributed by atoms with Gasteiger partial charge in [0.05, 0.1) is 36.4 Å². The largest absolute Gasteiger partial charge is 0.462 e. The van der Waals surface area contributed by atoms with Crippen molar-refractivity contribution in [3.8, 4) is 0 Å². The summed E-state index contributed by atoms with van der Waals surface area (Å²) in [6, 6.07) is 0. The molecular weight excluding hydrogens is 598 g/mol. The molecule has 0 spiro atoms. The van der Waals surface area contributed by atoms with Gasteiger partial charge in [0, 0.05) is 16.6 Å². The number of carbonyl (C=O) groups is 2. The van der Waals surface area contributed by atoms with Crippen molar-refractivity contribution >= 4 is 18.2 Å². The molecule has 0 saturated heterocycles. The predicted molar refractivity (Wildman–Crippen MR) is 180 cm³/mol. The zero-order valence-electron chi connectivity index (χ0n) is 29.9. The van der Waals surface area contributed by atoms with E-state index in [0.29, 0.717) is 43.3 Å².